The number of carbonyl (C=O) groups is 1. The summed E-state index contributed by atoms with van der Waals surface area (Å²) in [6.07, 6.45) is 0. The zero-order valence-electron chi connectivity index (χ0n) is 7.07. The highest BCUT2D eigenvalue weighted by molar-refractivity contribution is 5.69. The van der Waals surface area contributed by atoms with Crippen molar-refractivity contribution in [1.29, 1.82) is 0 Å². The van der Waals surface area contributed by atoms with E-state index in [1.54, 1.807) is 18.2 Å². The van der Waals surface area contributed by atoms with E-state index < -0.39 is 0 Å². The molecule has 1 aliphatic heterocycles. The molecule has 0 bridgehead atoms. The first kappa shape index (κ1) is 7.91. The van der Waals surface area contributed by atoms with Crippen LogP contribution in [0.5, 0.6) is 17.2 Å². The van der Waals surface area contributed by atoms with Crippen LogP contribution in [0.2, 0.25) is 0 Å². The van der Waals surface area contributed by atoms with Gasteiger partial charge in [0.2, 0.25) is 6.79 Å². The molecule has 0 aliphatic carbocycles. The summed E-state index contributed by atoms with van der Waals surface area (Å²) in [5, 5.41) is 0. The predicted octanol–water partition coefficient (Wildman–Crippen LogP) is 1.34. The van der Waals surface area contributed by atoms with Gasteiger partial charge in [-0.05, 0) is 12.1 Å². The fourth-order valence-electron chi connectivity index (χ4n) is 1.11. The Labute approximate surface area is 75.0 Å². The average molecular weight is 180 g/mol. The first-order valence-electron chi connectivity index (χ1n) is 3.84. The molecule has 1 aromatic carbocycles. The lowest BCUT2D eigenvalue weighted by Gasteiger charge is -2.01. The number of rotatable bonds is 1. The normalized spacial score (nSPS) is 12.7. The lowest BCUT2D eigenvalue weighted by Crippen LogP contribution is -2.00. The Kier molecular flexibility index (Phi) is 1.81. The van der Waals surface area contributed by atoms with E-state index in [-0.39, 0.29) is 12.8 Å². The minimum Gasteiger partial charge on any atom is -0.454 e. The third kappa shape index (κ3) is 1.56. The number of esters is 1. The quantitative estimate of drug-likeness (QED) is 0.483. The summed E-state index contributed by atoms with van der Waals surface area (Å²) in [4.78, 5) is 10.6. The van der Waals surface area contributed by atoms with Gasteiger partial charge in [0.15, 0.2) is 11.5 Å². The van der Waals surface area contributed by atoms with Crippen molar-refractivity contribution in [2.75, 3.05) is 6.79 Å². The SMILES string of the molecule is CC(=O)Oc1ccc2c(c1)OCO2. The zero-order valence-corrected chi connectivity index (χ0v) is 7.07. The van der Waals surface area contributed by atoms with E-state index in [2.05, 4.69) is 0 Å². The van der Waals surface area contributed by atoms with Crippen molar-refractivity contribution in [1.82, 2.24) is 0 Å². The van der Waals surface area contributed by atoms with Crippen molar-refractivity contribution in [2.24, 2.45) is 0 Å². The maximum absolute atomic E-state index is 10.6. The molecular formula is C9H8O4. The van der Waals surface area contributed by atoms with Crippen molar-refractivity contribution in [3.63, 3.8) is 0 Å². The van der Waals surface area contributed by atoms with E-state index in [0.29, 0.717) is 17.2 Å². The molecule has 1 aliphatic rings. The second kappa shape index (κ2) is 2.97. The van der Waals surface area contributed by atoms with Gasteiger partial charge < -0.3 is 14.2 Å². The van der Waals surface area contributed by atoms with E-state index in [0.717, 1.165) is 0 Å². The molecule has 0 saturated carbocycles. The molecule has 13 heavy (non-hydrogen) atoms. The molecule has 1 heterocycles. The first-order chi connectivity index (χ1) is 6.25. The van der Waals surface area contributed by atoms with Crippen LogP contribution < -0.4 is 14.2 Å². The van der Waals surface area contributed by atoms with E-state index in [1.807, 2.05) is 0 Å². The molecule has 0 saturated heterocycles. The molecule has 0 aromatic heterocycles. The minimum atomic E-state index is -0.348. The number of hydrogen-bond donors (Lipinski definition) is 0. The van der Waals surface area contributed by atoms with Crippen LogP contribution in [-0.2, 0) is 4.79 Å². The van der Waals surface area contributed by atoms with Crippen molar-refractivity contribution >= 4 is 5.97 Å². The molecule has 4 heteroatoms. The van der Waals surface area contributed by atoms with Crippen LogP contribution in [0.4, 0.5) is 0 Å². The molecule has 68 valence electrons. The van der Waals surface area contributed by atoms with E-state index in [1.165, 1.54) is 6.92 Å². The number of benzene rings is 1. The molecule has 1 aromatic rings. The van der Waals surface area contributed by atoms with E-state index in [4.69, 9.17) is 14.2 Å². The number of carbonyl (C=O) groups excluding carboxylic acids is 1. The minimum absolute atomic E-state index is 0.221. The highest BCUT2D eigenvalue weighted by atomic mass is 16.7. The Bertz CT molecular complexity index is 345. The molecule has 0 atom stereocenters. The van der Waals surface area contributed by atoms with Crippen molar-refractivity contribution < 1.29 is 19.0 Å². The lowest BCUT2D eigenvalue weighted by molar-refractivity contribution is -0.131. The van der Waals surface area contributed by atoms with Crippen LogP contribution in [0.15, 0.2) is 18.2 Å². The summed E-state index contributed by atoms with van der Waals surface area (Å²) in [6.45, 7) is 1.57. The molecule has 2 rings (SSSR count). The Morgan fingerprint density at radius 3 is 2.92 bits per heavy atom. The van der Waals surface area contributed by atoms with Gasteiger partial charge in [-0.3, -0.25) is 4.79 Å². The first-order valence-corrected chi connectivity index (χ1v) is 3.84. The topological polar surface area (TPSA) is 44.8 Å². The smallest absolute Gasteiger partial charge is 0.308 e. The van der Waals surface area contributed by atoms with Crippen LogP contribution >= 0.6 is 0 Å². The molecule has 0 radical (unpaired) electrons. The van der Waals surface area contributed by atoms with Gasteiger partial charge in [0.1, 0.15) is 5.75 Å². The Balaban J connectivity index is 2.25. The number of fused-ring (bicyclic) bond motifs is 1. The zero-order chi connectivity index (χ0) is 9.26. The second-order valence-corrected chi connectivity index (χ2v) is 2.61. The van der Waals surface area contributed by atoms with Gasteiger partial charge in [-0.1, -0.05) is 0 Å². The Morgan fingerprint density at radius 1 is 1.38 bits per heavy atom. The average Bonchev–Trinajstić information content (AvgIpc) is 2.49. The van der Waals surface area contributed by atoms with Gasteiger partial charge in [0.05, 0.1) is 0 Å². The third-order valence-corrected chi connectivity index (χ3v) is 1.61. The van der Waals surface area contributed by atoms with E-state index >= 15 is 0 Å². The largest absolute Gasteiger partial charge is 0.454 e. The monoisotopic (exact) mass is 180 g/mol. The van der Waals surface area contributed by atoms with Gasteiger partial charge >= 0.3 is 5.97 Å². The second-order valence-electron chi connectivity index (χ2n) is 2.61. The van der Waals surface area contributed by atoms with Crippen LogP contribution in [0, 0.1) is 0 Å². The highest BCUT2D eigenvalue weighted by Crippen LogP contribution is 2.34. The molecule has 0 amide bonds. The summed E-state index contributed by atoms with van der Waals surface area (Å²) in [5.41, 5.74) is 0. The lowest BCUT2D eigenvalue weighted by atomic mass is 10.3. The third-order valence-electron chi connectivity index (χ3n) is 1.61. The van der Waals surface area contributed by atoms with Crippen LogP contribution in [0.25, 0.3) is 0 Å². The van der Waals surface area contributed by atoms with Gasteiger partial charge in [0, 0.05) is 13.0 Å². The van der Waals surface area contributed by atoms with Crippen LogP contribution in [-0.4, -0.2) is 12.8 Å². The molecule has 0 N–H and O–H groups in total. The molecule has 0 unspecified atom stereocenters. The maximum atomic E-state index is 10.6. The van der Waals surface area contributed by atoms with Crippen molar-refractivity contribution in [3.8, 4) is 17.2 Å². The van der Waals surface area contributed by atoms with Crippen LogP contribution in [0.3, 0.4) is 0 Å². The summed E-state index contributed by atoms with van der Waals surface area (Å²) in [6, 6.07) is 5.00. The number of hydrogen-bond acceptors (Lipinski definition) is 4. The van der Waals surface area contributed by atoms with Crippen molar-refractivity contribution in [2.45, 2.75) is 6.92 Å². The standard InChI is InChI=1S/C9H8O4/c1-6(10)13-7-2-3-8-9(4-7)12-5-11-8/h2-4H,5H2,1H3. The van der Waals surface area contributed by atoms with Gasteiger partial charge in [-0.15, -0.1) is 0 Å². The van der Waals surface area contributed by atoms with Crippen molar-refractivity contribution in [3.05, 3.63) is 18.2 Å². The molecule has 0 fully saturated rings. The summed E-state index contributed by atoms with van der Waals surface area (Å²) in [5.74, 6) is 1.41. The molecule has 4 nitrogen and oxygen atoms in total. The fraction of sp³-hybridized carbons (Fsp3) is 0.222. The van der Waals surface area contributed by atoms with Crippen LogP contribution in [0.1, 0.15) is 6.92 Å². The summed E-state index contributed by atoms with van der Waals surface area (Å²) in [7, 11) is 0. The molecule has 0 spiro atoms. The summed E-state index contributed by atoms with van der Waals surface area (Å²) >= 11 is 0. The predicted molar refractivity (Wildman–Crippen MR) is 43.9 cm³/mol. The summed E-state index contributed by atoms with van der Waals surface area (Å²) < 4.78 is 15.1. The van der Waals surface area contributed by atoms with Gasteiger partial charge in [-0.2, -0.15) is 0 Å². The number of ether oxygens (including phenoxy) is 3. The molecular weight excluding hydrogens is 172 g/mol. The highest BCUT2D eigenvalue weighted by Gasteiger charge is 2.13. The van der Waals surface area contributed by atoms with E-state index in [9.17, 15) is 4.79 Å². The Hall–Kier alpha value is -1.71. The Morgan fingerprint density at radius 2 is 2.15 bits per heavy atom. The van der Waals surface area contributed by atoms with Gasteiger partial charge in [0.25, 0.3) is 0 Å². The maximum Gasteiger partial charge on any atom is 0.308 e. The van der Waals surface area contributed by atoms with Gasteiger partial charge in [-0.25, -0.2) is 0 Å². The fourth-order valence-corrected chi connectivity index (χ4v) is 1.11.